The third-order valence-corrected chi connectivity index (χ3v) is 18.4. The number of aryl methyl sites for hydroxylation is 1. The fraction of sp³-hybridized carbons (Fsp3) is 0.241. The topological polar surface area (TPSA) is 56.5 Å². The number of hydrogen-bond acceptors (Lipinski definition) is 5. The molecule has 10 aromatic rings. The molecule has 0 amide bonds. The first kappa shape index (κ1) is 43.8. The van der Waals surface area contributed by atoms with E-state index in [1.165, 1.54) is 47.8 Å². The SMILES string of the molecule is [2H]C([2H])([2H])c1ccc2c(ccc3nc(-c4[c-]ccc5c4sc4nc(C6CCCCC6)ccc45)n(-c4ccc(C(C)(C)C)cc4-c4ccccc4)c32)n1.[CH3][Ge]([CH3])([CH3])[c]1ccc(-c2[c-]cc(F)cc2F)nc1.[Ir]. The second kappa shape index (κ2) is 19.2. The van der Waals surface area contributed by atoms with Gasteiger partial charge in [-0.25, -0.2) is 4.98 Å². The van der Waals surface area contributed by atoms with Crippen molar-refractivity contribution in [2.75, 3.05) is 0 Å². The van der Waals surface area contributed by atoms with Crippen molar-refractivity contribution in [3.63, 3.8) is 0 Å². The number of nitrogens with zero attached hydrogens (tertiary/aromatic N) is 5. The molecule has 0 spiro atoms. The van der Waals surface area contributed by atoms with E-state index < -0.39 is 31.8 Å². The minimum Gasteiger partial charge on any atom is 0 e. The van der Waals surface area contributed by atoms with Crippen molar-refractivity contribution in [2.24, 2.45) is 0 Å². The van der Waals surface area contributed by atoms with Crippen LogP contribution in [-0.2, 0) is 25.5 Å². The Kier molecular flexibility index (Phi) is 12.3. The summed E-state index contributed by atoms with van der Waals surface area (Å²) in [5.41, 5.74) is 9.52. The van der Waals surface area contributed by atoms with E-state index in [0.29, 0.717) is 17.1 Å². The Bertz CT molecular complexity index is 3580. The molecule has 1 aliphatic carbocycles. The molecule has 0 unspecified atom stereocenters. The number of hydrogen-bond donors (Lipinski definition) is 0. The number of fused-ring (bicyclic) bond motifs is 6. The van der Waals surface area contributed by atoms with Crippen LogP contribution in [0.4, 0.5) is 8.78 Å². The molecule has 5 heterocycles. The second-order valence-electron chi connectivity index (χ2n) is 19.7. The van der Waals surface area contributed by atoms with E-state index in [-0.39, 0.29) is 36.8 Å². The molecule has 1 fully saturated rings. The maximum Gasteiger partial charge on any atom is 0 e. The Morgan fingerprint density at radius 3 is 2.26 bits per heavy atom. The Hall–Kier alpha value is -5.45. The summed E-state index contributed by atoms with van der Waals surface area (Å²) in [7, 11) is 0. The first-order valence-corrected chi connectivity index (χ1v) is 31.2. The molecule has 11 rings (SSSR count). The van der Waals surface area contributed by atoms with Gasteiger partial charge in [0.1, 0.15) is 4.83 Å². The molecule has 0 bridgehead atoms. The van der Waals surface area contributed by atoms with E-state index in [1.807, 2.05) is 36.4 Å². The molecule has 0 saturated heterocycles. The molecule has 1 saturated carbocycles. The third kappa shape index (κ3) is 9.35. The number of rotatable bonds is 6. The number of thiophene rings is 1. The van der Waals surface area contributed by atoms with Gasteiger partial charge in [0.2, 0.25) is 0 Å². The van der Waals surface area contributed by atoms with Crippen LogP contribution in [0.15, 0.2) is 128 Å². The minimum absolute atomic E-state index is 0. The molecule has 5 nitrogen and oxygen atoms in total. The van der Waals surface area contributed by atoms with Gasteiger partial charge in [-0.3, -0.25) is 9.97 Å². The third-order valence-electron chi connectivity index (χ3n) is 13.0. The molecule has 1 aliphatic rings. The zero-order chi connectivity index (χ0) is 49.1. The normalized spacial score (nSPS) is 14.3. The first-order valence-electron chi connectivity index (χ1n) is 24.5. The van der Waals surface area contributed by atoms with Gasteiger partial charge >= 0.3 is 108 Å². The Morgan fingerprint density at radius 1 is 0.765 bits per heavy atom. The van der Waals surface area contributed by atoms with Crippen LogP contribution in [0.2, 0.25) is 17.3 Å². The average molecular weight is 1160 g/mol. The quantitative estimate of drug-likeness (QED) is 0.123. The van der Waals surface area contributed by atoms with Crippen LogP contribution in [0.25, 0.3) is 81.7 Å². The zero-order valence-corrected chi connectivity index (χ0v) is 44.3. The molecule has 10 heteroatoms. The summed E-state index contributed by atoms with van der Waals surface area (Å²) in [5, 5.41) is 3.14. The summed E-state index contributed by atoms with van der Waals surface area (Å²) in [6, 6.07) is 45.2. The van der Waals surface area contributed by atoms with Crippen molar-refractivity contribution in [1.29, 1.82) is 0 Å². The van der Waals surface area contributed by atoms with Gasteiger partial charge in [0.25, 0.3) is 0 Å². The van der Waals surface area contributed by atoms with Gasteiger partial charge in [0, 0.05) is 58.2 Å². The van der Waals surface area contributed by atoms with Crippen LogP contribution in [0.5, 0.6) is 0 Å². The number of imidazole rings is 1. The standard InChI is InChI=1S/C44H39N4S.C14H14F2GeN.Ir/c1-27-18-20-33-37(45-27)23-24-38-40(33)48(39-25-19-30(44(2,3)4)26-35(39)28-12-7-5-8-13-28)42(46-38)34-17-11-16-31-32-21-22-36(29-14-9-6-10-15-29)47-43(32)49-41(31)34;1-17(2,3)11-5-7-14(18-9-11)12-6-4-10(15)8-13(12)16;/h5,7-8,11-13,16,18-26,29H,6,9-10,14-15H2,1-4H3;4-5,7-9H,1-3H3;/q2*-1;/i1D3;;. The molecule has 0 aliphatic heterocycles. The fourth-order valence-corrected chi connectivity index (χ4v) is 12.6. The Balaban J connectivity index is 0.000000278. The van der Waals surface area contributed by atoms with Crippen molar-refractivity contribution in [3.8, 4) is 39.5 Å². The molecule has 0 N–H and O–H groups in total. The van der Waals surface area contributed by atoms with Crippen molar-refractivity contribution >= 4 is 71.2 Å². The summed E-state index contributed by atoms with van der Waals surface area (Å²) in [6.45, 7) is 4.40. The largest absolute Gasteiger partial charge is 0 e. The second-order valence-corrected chi connectivity index (χ2v) is 31.3. The van der Waals surface area contributed by atoms with Gasteiger partial charge in [-0.05, 0) is 88.8 Å². The summed E-state index contributed by atoms with van der Waals surface area (Å²) >= 11 is -0.178. The van der Waals surface area contributed by atoms with Gasteiger partial charge in [0.15, 0.2) is 0 Å². The van der Waals surface area contributed by atoms with Gasteiger partial charge < -0.3 is 4.57 Å². The van der Waals surface area contributed by atoms with Crippen LogP contribution in [0.1, 0.15) is 79.9 Å². The molecule has 345 valence electrons. The predicted octanol–water partition coefficient (Wildman–Crippen LogP) is 15.5. The summed E-state index contributed by atoms with van der Waals surface area (Å²) in [5.74, 6) is 6.83. The maximum atomic E-state index is 13.6. The minimum atomic E-state index is -2.31. The van der Waals surface area contributed by atoms with Gasteiger partial charge in [-0.1, -0.05) is 93.4 Å². The smallest absolute Gasteiger partial charge is 0 e. The number of pyridine rings is 3. The van der Waals surface area contributed by atoms with Crippen LogP contribution in [-0.4, -0.2) is 37.8 Å². The molecule has 5 aromatic carbocycles. The van der Waals surface area contributed by atoms with Crippen molar-refractivity contribution in [1.82, 2.24) is 24.5 Å². The van der Waals surface area contributed by atoms with Crippen LogP contribution in [0, 0.1) is 30.6 Å². The summed E-state index contributed by atoms with van der Waals surface area (Å²) in [6.07, 6.45) is 8.08. The fourth-order valence-electron chi connectivity index (χ4n) is 9.28. The van der Waals surface area contributed by atoms with E-state index >= 15 is 0 Å². The van der Waals surface area contributed by atoms with Crippen molar-refractivity contribution < 1.29 is 33.0 Å². The molecular weight excluding hydrogens is 1100 g/mol. The summed E-state index contributed by atoms with van der Waals surface area (Å²) < 4.78 is 55.1. The van der Waals surface area contributed by atoms with E-state index in [2.05, 4.69) is 125 Å². The van der Waals surface area contributed by atoms with Crippen LogP contribution in [0.3, 0.4) is 0 Å². The summed E-state index contributed by atoms with van der Waals surface area (Å²) in [4.78, 5) is 20.6. The van der Waals surface area contributed by atoms with Crippen LogP contribution >= 0.6 is 11.3 Å². The zero-order valence-electron chi connectivity index (χ0n) is 42.0. The molecule has 5 aromatic heterocycles. The van der Waals surface area contributed by atoms with Gasteiger partial charge in [0.05, 0.1) is 22.4 Å². The first-order chi connectivity index (χ1) is 33.4. The molecular formula is C58H53F2GeIrN5S-2. The molecule has 1 radical (unpaired) electrons. The number of benzene rings is 5. The van der Waals surface area contributed by atoms with Gasteiger partial charge in [-0.15, -0.1) is 18.2 Å². The maximum absolute atomic E-state index is 13.6. The number of aromatic nitrogens is 5. The van der Waals surface area contributed by atoms with E-state index in [0.717, 1.165) is 77.1 Å². The Labute approximate surface area is 422 Å². The van der Waals surface area contributed by atoms with E-state index in [9.17, 15) is 8.78 Å². The molecule has 68 heavy (non-hydrogen) atoms. The monoisotopic (exact) mass is 1160 g/mol. The van der Waals surface area contributed by atoms with Crippen molar-refractivity contribution in [3.05, 3.63) is 168 Å². The van der Waals surface area contributed by atoms with E-state index in [1.54, 1.807) is 29.7 Å². The Morgan fingerprint density at radius 2 is 1.54 bits per heavy atom. The molecule has 0 atom stereocenters. The average Bonchev–Trinajstić information content (AvgIpc) is 3.92. The van der Waals surface area contributed by atoms with Crippen LogP contribution < -0.4 is 4.40 Å². The number of halogens is 2. The van der Waals surface area contributed by atoms with Crippen molar-refractivity contribution in [2.45, 2.75) is 88.3 Å². The van der Waals surface area contributed by atoms with E-state index in [4.69, 9.17) is 14.1 Å². The van der Waals surface area contributed by atoms with Gasteiger partial charge in [-0.2, -0.15) is 11.3 Å². The predicted molar refractivity (Wildman–Crippen MR) is 277 cm³/mol.